The second-order valence-electron chi connectivity index (χ2n) is 12.0. The van der Waals surface area contributed by atoms with Crippen molar-refractivity contribution in [1.82, 2.24) is 9.80 Å². The molecule has 8 rings (SSSR count). The lowest BCUT2D eigenvalue weighted by atomic mass is 9.79. The average molecular weight is 847 g/mol. The Balaban J connectivity index is 1.29. The van der Waals surface area contributed by atoms with E-state index in [0.29, 0.717) is 57.3 Å². The minimum Gasteiger partial charge on any atom is -0.459 e. The Kier molecular flexibility index (Phi) is 10.1. The number of carbonyl (C=O) groups excluding carboxylic acids is 4. The van der Waals surface area contributed by atoms with Crippen molar-refractivity contribution in [3.8, 4) is 9.75 Å². The van der Waals surface area contributed by atoms with Crippen molar-refractivity contribution in [2.75, 3.05) is 13.1 Å². The van der Waals surface area contributed by atoms with Crippen LogP contribution in [0, 0.1) is 0 Å². The van der Waals surface area contributed by atoms with E-state index in [4.69, 9.17) is 38.9 Å². The number of esters is 2. The molecule has 0 spiro atoms. The number of thiophene rings is 3. The highest BCUT2D eigenvalue weighted by atomic mass is 32.2. The van der Waals surface area contributed by atoms with Gasteiger partial charge in [0.15, 0.2) is 10.1 Å². The lowest BCUT2D eigenvalue weighted by molar-refractivity contribution is -0.164. The molecule has 0 atom stereocenters. The summed E-state index contributed by atoms with van der Waals surface area (Å²) in [4.78, 5) is 69.6. The van der Waals surface area contributed by atoms with E-state index in [1.807, 2.05) is 80.6 Å². The standard InChI is InChI=1S/C37H26N4O6S7/c1-3-40-31(42)29(53-35(40)48)38-23-15-21-26(51-23)28-25(27-22(50-28)16-24(52-27)39-30-32(43)41(4-2)36(49)54-30)37(21,33(44)46-17-19-11-7-5-8-12-19)34(45)47-18-20-13-9-6-10-14-20/h5-16H,3-4,17-18H2,1-2H3. The number of amides is 2. The summed E-state index contributed by atoms with van der Waals surface area (Å²) in [7, 11) is 0. The molecule has 17 heteroatoms. The summed E-state index contributed by atoms with van der Waals surface area (Å²) in [6.45, 7) is 4.35. The van der Waals surface area contributed by atoms with Gasteiger partial charge in [0.1, 0.15) is 31.9 Å². The number of benzene rings is 2. The van der Waals surface area contributed by atoms with Crippen LogP contribution in [0.15, 0.2) is 82.8 Å². The molecule has 5 heterocycles. The SMILES string of the molecule is CCN1C(=O)C(=Nc2cc3c(s2)-c2sc4cc(N=C5SC(=S)N(CC)C5=O)sc4c2C3(C(=O)OCc2ccccc2)C(=O)OCc2ccccc2)SC1=S. The van der Waals surface area contributed by atoms with Crippen LogP contribution in [0.2, 0.25) is 0 Å². The second-order valence-corrected chi connectivity index (χ2v) is 18.3. The number of thioether (sulfide) groups is 2. The number of carbonyl (C=O) groups is 4. The van der Waals surface area contributed by atoms with Gasteiger partial charge in [0, 0.05) is 28.9 Å². The van der Waals surface area contributed by atoms with Gasteiger partial charge >= 0.3 is 11.9 Å². The Morgan fingerprint density at radius 3 is 1.69 bits per heavy atom. The Hall–Kier alpha value is -4.10. The zero-order chi connectivity index (χ0) is 37.7. The molecular formula is C37H26N4O6S7. The predicted octanol–water partition coefficient (Wildman–Crippen LogP) is 8.60. The van der Waals surface area contributed by atoms with E-state index < -0.39 is 17.4 Å². The Morgan fingerprint density at radius 1 is 0.704 bits per heavy atom. The van der Waals surface area contributed by atoms with E-state index >= 15 is 0 Å². The molecule has 2 aliphatic heterocycles. The first-order valence-electron chi connectivity index (χ1n) is 16.5. The molecule has 10 nitrogen and oxygen atoms in total. The summed E-state index contributed by atoms with van der Waals surface area (Å²) >= 11 is 17.0. The van der Waals surface area contributed by atoms with Crippen LogP contribution in [-0.4, -0.2) is 65.4 Å². The third-order valence-electron chi connectivity index (χ3n) is 8.81. The number of hydrogen-bond donors (Lipinski definition) is 0. The van der Waals surface area contributed by atoms with E-state index in [1.165, 1.54) is 43.8 Å². The van der Waals surface area contributed by atoms with Crippen LogP contribution in [-0.2, 0) is 47.3 Å². The van der Waals surface area contributed by atoms with Gasteiger partial charge in [0.2, 0.25) is 5.41 Å². The number of ether oxygens (including phenoxy) is 2. The zero-order valence-corrected chi connectivity index (χ0v) is 34.1. The zero-order valence-electron chi connectivity index (χ0n) is 28.4. The van der Waals surface area contributed by atoms with Crippen molar-refractivity contribution in [1.29, 1.82) is 0 Å². The van der Waals surface area contributed by atoms with Gasteiger partial charge in [-0.25, -0.2) is 9.98 Å². The summed E-state index contributed by atoms with van der Waals surface area (Å²) in [5.74, 6) is -2.18. The molecule has 0 radical (unpaired) electrons. The molecule has 2 saturated heterocycles. The van der Waals surface area contributed by atoms with Crippen LogP contribution in [0.1, 0.15) is 36.1 Å². The molecule has 2 aromatic carbocycles. The maximum Gasteiger partial charge on any atom is 0.333 e. The van der Waals surface area contributed by atoms with Crippen LogP contribution in [0.5, 0.6) is 0 Å². The predicted molar refractivity (Wildman–Crippen MR) is 226 cm³/mol. The van der Waals surface area contributed by atoms with Crippen molar-refractivity contribution >= 4 is 144 Å². The van der Waals surface area contributed by atoms with Gasteiger partial charge in [0.05, 0.1) is 14.5 Å². The van der Waals surface area contributed by atoms with Crippen LogP contribution in [0.25, 0.3) is 19.2 Å². The van der Waals surface area contributed by atoms with Gasteiger partial charge in [0.25, 0.3) is 11.8 Å². The summed E-state index contributed by atoms with van der Waals surface area (Å²) in [5.41, 5.74) is 0.238. The quantitative estimate of drug-likeness (QED) is 0.0769. The fourth-order valence-corrected chi connectivity index (χ4v) is 12.8. The number of hydrogen-bond acceptors (Lipinski definition) is 15. The Morgan fingerprint density at radius 2 is 1.20 bits per heavy atom. The highest BCUT2D eigenvalue weighted by Crippen LogP contribution is 2.62. The molecule has 2 amide bonds. The molecule has 3 aliphatic rings. The van der Waals surface area contributed by atoms with Gasteiger partial charge in [-0.1, -0.05) is 85.1 Å². The lowest BCUT2D eigenvalue weighted by Gasteiger charge is -2.26. The molecule has 272 valence electrons. The monoisotopic (exact) mass is 846 g/mol. The number of fused-ring (bicyclic) bond motifs is 5. The number of aliphatic imine (C=N–C) groups is 2. The van der Waals surface area contributed by atoms with Crippen LogP contribution in [0.3, 0.4) is 0 Å². The summed E-state index contributed by atoms with van der Waals surface area (Å²) < 4.78 is 14.4. The van der Waals surface area contributed by atoms with Gasteiger partial charge in [-0.15, -0.1) is 34.0 Å². The fraction of sp³-hybridized carbons (Fsp3) is 0.189. The van der Waals surface area contributed by atoms with Gasteiger partial charge in [-0.3, -0.25) is 29.0 Å². The maximum atomic E-state index is 14.9. The van der Waals surface area contributed by atoms with Gasteiger partial charge in [-0.2, -0.15) is 0 Å². The highest BCUT2D eigenvalue weighted by Gasteiger charge is 2.61. The van der Waals surface area contributed by atoms with Crippen LogP contribution in [0.4, 0.5) is 10.0 Å². The minimum absolute atomic E-state index is 0.0867. The first-order valence-corrected chi connectivity index (χ1v) is 21.4. The number of thiocarbonyl (C=S) groups is 2. The molecule has 5 aromatic rings. The normalized spacial score (nSPS) is 17.7. The molecule has 0 N–H and O–H groups in total. The number of rotatable bonds is 10. The first-order chi connectivity index (χ1) is 26.1. The smallest absolute Gasteiger partial charge is 0.333 e. The molecule has 0 saturated carbocycles. The maximum absolute atomic E-state index is 14.9. The molecule has 2 fully saturated rings. The Bertz CT molecular complexity index is 2410. The average Bonchev–Trinajstić information content (AvgIpc) is 3.99. The van der Waals surface area contributed by atoms with Crippen molar-refractivity contribution in [2.45, 2.75) is 32.5 Å². The highest BCUT2D eigenvalue weighted by molar-refractivity contribution is 8.35. The van der Waals surface area contributed by atoms with Crippen molar-refractivity contribution in [2.24, 2.45) is 9.98 Å². The van der Waals surface area contributed by atoms with E-state index in [0.717, 1.165) is 39.4 Å². The number of nitrogens with zero attached hydrogens (tertiary/aromatic N) is 4. The topological polar surface area (TPSA) is 118 Å². The van der Waals surface area contributed by atoms with Gasteiger partial charge < -0.3 is 9.47 Å². The molecule has 0 unspecified atom stereocenters. The van der Waals surface area contributed by atoms with E-state index in [9.17, 15) is 19.2 Å². The Labute approximate surface area is 340 Å². The molecular weight excluding hydrogens is 821 g/mol. The van der Waals surface area contributed by atoms with Crippen LogP contribution >= 0.6 is 82.0 Å². The van der Waals surface area contributed by atoms with E-state index in [-0.39, 0.29) is 35.1 Å². The minimum atomic E-state index is -2.05. The third-order valence-corrected chi connectivity index (χ3v) is 15.0. The van der Waals surface area contributed by atoms with E-state index in [2.05, 4.69) is 4.99 Å². The van der Waals surface area contributed by atoms with Gasteiger partial charge in [-0.05, 0) is 60.6 Å². The largest absolute Gasteiger partial charge is 0.459 e. The summed E-state index contributed by atoms with van der Waals surface area (Å²) in [5, 5.41) is 1.42. The third kappa shape index (κ3) is 6.24. The molecule has 1 aliphatic carbocycles. The van der Waals surface area contributed by atoms with Crippen molar-refractivity contribution in [3.63, 3.8) is 0 Å². The summed E-state index contributed by atoms with van der Waals surface area (Å²) in [6, 6.07) is 21.9. The summed E-state index contributed by atoms with van der Waals surface area (Å²) in [6.07, 6.45) is 0. The van der Waals surface area contributed by atoms with Crippen molar-refractivity contribution in [3.05, 3.63) is 95.1 Å². The van der Waals surface area contributed by atoms with Crippen molar-refractivity contribution < 1.29 is 28.7 Å². The second kappa shape index (κ2) is 14.9. The lowest BCUT2D eigenvalue weighted by Crippen LogP contribution is -2.45. The first kappa shape index (κ1) is 36.9. The fourth-order valence-electron chi connectivity index (χ4n) is 6.26. The van der Waals surface area contributed by atoms with Crippen LogP contribution < -0.4 is 0 Å². The molecule has 54 heavy (non-hydrogen) atoms. The molecule has 0 bridgehead atoms. The van der Waals surface area contributed by atoms with E-state index in [1.54, 1.807) is 6.07 Å². The molecule has 3 aromatic heterocycles.